The van der Waals surface area contributed by atoms with Gasteiger partial charge in [-0.15, -0.1) is 0 Å². The summed E-state index contributed by atoms with van der Waals surface area (Å²) in [4.78, 5) is 16.2. The molecular weight excluding hydrogens is 328 g/mol. The van der Waals surface area contributed by atoms with Crippen LogP contribution in [0.15, 0.2) is 4.99 Å². The molecule has 0 aliphatic heterocycles. The van der Waals surface area contributed by atoms with Crippen LogP contribution in [0.4, 0.5) is 0 Å². The van der Waals surface area contributed by atoms with E-state index in [4.69, 9.17) is 0 Å². The predicted octanol–water partition coefficient (Wildman–Crippen LogP) is 0.671. The Bertz CT molecular complexity index is 515. The summed E-state index contributed by atoms with van der Waals surface area (Å²) in [6.45, 7) is 5.91. The van der Waals surface area contributed by atoms with Crippen molar-refractivity contribution < 1.29 is 13.2 Å². The molecule has 0 spiro atoms. The lowest BCUT2D eigenvalue weighted by Gasteiger charge is -2.23. The van der Waals surface area contributed by atoms with Crippen molar-refractivity contribution in [1.82, 2.24) is 16.0 Å². The number of carbonyl (C=O) groups is 1. The summed E-state index contributed by atoms with van der Waals surface area (Å²) in [5, 5.41) is 9.32. The Morgan fingerprint density at radius 1 is 1.29 bits per heavy atom. The summed E-state index contributed by atoms with van der Waals surface area (Å²) < 4.78 is 22.4. The number of carbonyl (C=O) groups excluding carboxylic acids is 1. The number of sulfone groups is 1. The van der Waals surface area contributed by atoms with E-state index >= 15 is 0 Å². The van der Waals surface area contributed by atoms with Gasteiger partial charge in [-0.2, -0.15) is 0 Å². The second-order valence-electron chi connectivity index (χ2n) is 6.50. The van der Waals surface area contributed by atoms with E-state index in [0.29, 0.717) is 25.5 Å². The molecule has 24 heavy (non-hydrogen) atoms. The maximum absolute atomic E-state index is 11.7. The van der Waals surface area contributed by atoms with Gasteiger partial charge in [-0.05, 0) is 39.5 Å². The summed E-state index contributed by atoms with van der Waals surface area (Å²) in [5.41, 5.74) is 0. The van der Waals surface area contributed by atoms with Crippen LogP contribution in [-0.4, -0.2) is 58.0 Å². The van der Waals surface area contributed by atoms with Crippen LogP contribution in [0.2, 0.25) is 0 Å². The predicted molar refractivity (Wildman–Crippen MR) is 97.9 cm³/mol. The fourth-order valence-corrected chi connectivity index (χ4v) is 3.09. The first-order valence-electron chi connectivity index (χ1n) is 8.82. The van der Waals surface area contributed by atoms with Crippen molar-refractivity contribution in [3.63, 3.8) is 0 Å². The average Bonchev–Trinajstić information content (AvgIpc) is 2.42. The number of aliphatic imine (C=N–C) groups is 1. The Labute approximate surface area is 146 Å². The molecule has 1 aliphatic rings. The largest absolute Gasteiger partial charge is 0.357 e. The Kier molecular flexibility index (Phi) is 9.10. The lowest BCUT2D eigenvalue weighted by atomic mass is 9.85. The van der Waals surface area contributed by atoms with Gasteiger partial charge in [-0.1, -0.05) is 6.42 Å². The molecule has 140 valence electrons. The zero-order chi connectivity index (χ0) is 18.0. The van der Waals surface area contributed by atoms with Crippen LogP contribution in [0, 0.1) is 5.92 Å². The fourth-order valence-electron chi connectivity index (χ4n) is 2.31. The van der Waals surface area contributed by atoms with Crippen LogP contribution in [0.1, 0.15) is 46.0 Å². The molecule has 1 fully saturated rings. The van der Waals surface area contributed by atoms with E-state index in [1.54, 1.807) is 0 Å². The average molecular weight is 361 g/mol. The minimum atomic E-state index is -2.94. The number of hydrogen-bond acceptors (Lipinski definition) is 4. The molecule has 1 aliphatic carbocycles. The van der Waals surface area contributed by atoms with Gasteiger partial charge >= 0.3 is 0 Å². The molecule has 1 unspecified atom stereocenters. The zero-order valence-electron chi connectivity index (χ0n) is 15.1. The third kappa shape index (κ3) is 9.10. The van der Waals surface area contributed by atoms with Crippen molar-refractivity contribution in [2.24, 2.45) is 10.9 Å². The molecule has 1 amide bonds. The quantitative estimate of drug-likeness (QED) is 0.302. The molecule has 7 nitrogen and oxygen atoms in total. The molecule has 0 bridgehead atoms. The first-order chi connectivity index (χ1) is 11.3. The molecule has 0 aromatic rings. The van der Waals surface area contributed by atoms with Gasteiger partial charge in [0.05, 0.1) is 5.75 Å². The van der Waals surface area contributed by atoms with Crippen molar-refractivity contribution in [1.29, 1.82) is 0 Å². The molecule has 0 aromatic carbocycles. The Morgan fingerprint density at radius 3 is 2.54 bits per heavy atom. The summed E-state index contributed by atoms with van der Waals surface area (Å²) in [6.07, 6.45) is 5.77. The Balaban J connectivity index is 2.26. The monoisotopic (exact) mass is 360 g/mol. The summed E-state index contributed by atoms with van der Waals surface area (Å²) in [5.74, 6) is 1.24. The van der Waals surface area contributed by atoms with Crippen molar-refractivity contribution in [3.8, 4) is 0 Å². The highest BCUT2D eigenvalue weighted by Gasteiger charge is 2.24. The number of hydrogen-bond donors (Lipinski definition) is 3. The maximum Gasteiger partial charge on any atom is 0.223 e. The number of rotatable bonds is 10. The van der Waals surface area contributed by atoms with Gasteiger partial charge in [-0.3, -0.25) is 9.79 Å². The lowest BCUT2D eigenvalue weighted by Crippen LogP contribution is -2.43. The molecule has 8 heteroatoms. The second kappa shape index (κ2) is 10.5. The summed E-state index contributed by atoms with van der Waals surface area (Å²) in [6, 6.07) is 0.0239. The summed E-state index contributed by atoms with van der Waals surface area (Å²) >= 11 is 0. The molecular formula is C16H32N4O3S. The van der Waals surface area contributed by atoms with Gasteiger partial charge in [-0.25, -0.2) is 8.42 Å². The van der Waals surface area contributed by atoms with E-state index in [9.17, 15) is 13.2 Å². The van der Waals surface area contributed by atoms with Crippen LogP contribution >= 0.6 is 0 Å². The SMILES string of the molecule is CCNC(=NCCCNC(=O)C1CCC1)NC(C)CCS(C)(=O)=O. The minimum absolute atomic E-state index is 0.0239. The second-order valence-corrected chi connectivity index (χ2v) is 8.76. The lowest BCUT2D eigenvalue weighted by molar-refractivity contribution is -0.127. The van der Waals surface area contributed by atoms with Crippen molar-refractivity contribution >= 4 is 21.7 Å². The first kappa shape index (κ1) is 20.7. The van der Waals surface area contributed by atoms with Gasteiger partial charge < -0.3 is 16.0 Å². The number of nitrogens with one attached hydrogen (secondary N) is 3. The minimum Gasteiger partial charge on any atom is -0.357 e. The van der Waals surface area contributed by atoms with E-state index < -0.39 is 9.84 Å². The van der Waals surface area contributed by atoms with Crippen LogP contribution in [0.5, 0.6) is 0 Å². The van der Waals surface area contributed by atoms with Crippen LogP contribution in [0.3, 0.4) is 0 Å². The smallest absolute Gasteiger partial charge is 0.223 e. The van der Waals surface area contributed by atoms with E-state index in [-0.39, 0.29) is 23.6 Å². The molecule has 0 radical (unpaired) electrons. The van der Waals surface area contributed by atoms with Gasteiger partial charge in [0.2, 0.25) is 5.91 Å². The van der Waals surface area contributed by atoms with Gasteiger partial charge in [0.25, 0.3) is 0 Å². The Hall–Kier alpha value is -1.31. The molecule has 1 saturated carbocycles. The highest BCUT2D eigenvalue weighted by atomic mass is 32.2. The molecule has 1 atom stereocenters. The maximum atomic E-state index is 11.7. The topological polar surface area (TPSA) is 99.7 Å². The Morgan fingerprint density at radius 2 is 2.00 bits per heavy atom. The van der Waals surface area contributed by atoms with Gasteiger partial charge in [0.15, 0.2) is 5.96 Å². The van der Waals surface area contributed by atoms with E-state index in [1.165, 1.54) is 6.26 Å². The zero-order valence-corrected chi connectivity index (χ0v) is 15.9. The van der Waals surface area contributed by atoms with Gasteiger partial charge in [0, 0.05) is 37.8 Å². The molecule has 1 rings (SSSR count). The van der Waals surface area contributed by atoms with Crippen molar-refractivity contribution in [3.05, 3.63) is 0 Å². The third-order valence-corrected chi connectivity index (χ3v) is 5.01. The summed E-state index contributed by atoms with van der Waals surface area (Å²) in [7, 11) is -2.94. The van der Waals surface area contributed by atoms with Crippen molar-refractivity contribution in [2.75, 3.05) is 31.6 Å². The number of guanidine groups is 1. The van der Waals surface area contributed by atoms with Crippen LogP contribution in [0.25, 0.3) is 0 Å². The highest BCUT2D eigenvalue weighted by Crippen LogP contribution is 2.25. The molecule has 0 heterocycles. The normalized spacial score (nSPS) is 17.0. The van der Waals surface area contributed by atoms with Gasteiger partial charge in [0.1, 0.15) is 9.84 Å². The van der Waals surface area contributed by atoms with Crippen LogP contribution < -0.4 is 16.0 Å². The van der Waals surface area contributed by atoms with Crippen LogP contribution in [-0.2, 0) is 14.6 Å². The molecule has 0 aromatic heterocycles. The third-order valence-electron chi connectivity index (χ3n) is 4.03. The first-order valence-corrected chi connectivity index (χ1v) is 10.9. The van der Waals surface area contributed by atoms with Crippen molar-refractivity contribution in [2.45, 2.75) is 52.0 Å². The molecule has 0 saturated heterocycles. The van der Waals surface area contributed by atoms with E-state index in [0.717, 1.165) is 32.2 Å². The standard InChI is InChI=1S/C16H32N4O3S/c1-4-17-16(20-13(2)9-12-24(3,22)23)19-11-6-10-18-15(21)14-7-5-8-14/h13-14H,4-12H2,1-3H3,(H,18,21)(H2,17,19,20). The number of amides is 1. The fraction of sp³-hybridized carbons (Fsp3) is 0.875. The highest BCUT2D eigenvalue weighted by molar-refractivity contribution is 7.90. The van der Waals surface area contributed by atoms with E-state index in [1.807, 2.05) is 13.8 Å². The molecule has 3 N–H and O–H groups in total. The number of nitrogens with zero attached hydrogens (tertiary/aromatic N) is 1. The van der Waals surface area contributed by atoms with E-state index in [2.05, 4.69) is 20.9 Å².